The molecule has 3 aromatic rings. The number of aromatic nitrogens is 1. The first-order valence-corrected chi connectivity index (χ1v) is 8.47. The van der Waals surface area contributed by atoms with Gasteiger partial charge in [-0.15, -0.1) is 0 Å². The largest absolute Gasteiger partial charge is 0.493 e. The normalized spacial score (nSPS) is 10.7. The van der Waals surface area contributed by atoms with Crippen molar-refractivity contribution in [2.75, 3.05) is 14.2 Å². The van der Waals surface area contributed by atoms with E-state index < -0.39 is 5.97 Å². The zero-order chi connectivity index (χ0) is 18.7. The molecule has 0 atom stereocenters. The van der Waals surface area contributed by atoms with E-state index in [0.717, 1.165) is 29.3 Å². The van der Waals surface area contributed by atoms with E-state index in [9.17, 15) is 9.90 Å². The minimum Gasteiger partial charge on any atom is -0.493 e. The second-order valence-electron chi connectivity index (χ2n) is 5.98. The molecule has 0 saturated carbocycles. The second kappa shape index (κ2) is 7.44. The molecule has 1 heterocycles. The number of pyridine rings is 1. The van der Waals surface area contributed by atoms with Gasteiger partial charge in [-0.05, 0) is 36.1 Å². The molecule has 134 valence electrons. The van der Waals surface area contributed by atoms with E-state index in [2.05, 4.69) is 6.92 Å². The van der Waals surface area contributed by atoms with Crippen LogP contribution in [0.15, 0.2) is 42.5 Å². The predicted octanol–water partition coefficient (Wildman–Crippen LogP) is 4.57. The number of aryl methyl sites for hydroxylation is 1. The molecule has 0 unspecified atom stereocenters. The van der Waals surface area contributed by atoms with Gasteiger partial charge in [-0.3, -0.25) is 4.98 Å². The van der Waals surface area contributed by atoms with E-state index >= 15 is 0 Å². The molecule has 0 bridgehead atoms. The maximum atomic E-state index is 11.6. The van der Waals surface area contributed by atoms with Crippen molar-refractivity contribution in [2.45, 2.75) is 19.8 Å². The number of carboxylic acid groups (broad SMARTS) is 1. The van der Waals surface area contributed by atoms with E-state index in [4.69, 9.17) is 14.5 Å². The minimum absolute atomic E-state index is 0.238. The van der Waals surface area contributed by atoms with Gasteiger partial charge < -0.3 is 14.6 Å². The Bertz CT molecular complexity index is 966. The quantitative estimate of drug-likeness (QED) is 0.704. The van der Waals surface area contributed by atoms with Crippen molar-refractivity contribution < 1.29 is 19.4 Å². The fraction of sp³-hybridized carbons (Fsp3) is 0.238. The standard InChI is InChI=1S/C21H21NO4/c1-4-7-17-16-12-20(26-3)19(25-2)11-13(16)10-18(22-17)14-8-5-6-9-15(14)21(23)24/h5-6,8-12H,4,7H2,1-3H3,(H,23,24). The van der Waals surface area contributed by atoms with Gasteiger partial charge in [0.1, 0.15) is 0 Å². The summed E-state index contributed by atoms with van der Waals surface area (Å²) in [7, 11) is 3.20. The molecule has 0 amide bonds. The maximum Gasteiger partial charge on any atom is 0.336 e. The number of ether oxygens (including phenoxy) is 2. The van der Waals surface area contributed by atoms with Crippen LogP contribution in [0.25, 0.3) is 22.0 Å². The van der Waals surface area contributed by atoms with Crippen molar-refractivity contribution in [1.29, 1.82) is 0 Å². The Labute approximate surface area is 152 Å². The Kier molecular flexibility index (Phi) is 5.07. The number of rotatable bonds is 6. The zero-order valence-electron chi connectivity index (χ0n) is 15.1. The summed E-state index contributed by atoms with van der Waals surface area (Å²) < 4.78 is 10.8. The van der Waals surface area contributed by atoms with Crippen LogP contribution in [0.1, 0.15) is 29.4 Å². The third-order valence-electron chi connectivity index (χ3n) is 4.33. The number of carboxylic acids is 1. The minimum atomic E-state index is -0.966. The molecule has 0 radical (unpaired) electrons. The van der Waals surface area contributed by atoms with E-state index in [-0.39, 0.29) is 5.56 Å². The van der Waals surface area contributed by atoms with Crippen molar-refractivity contribution in [3.05, 3.63) is 53.7 Å². The summed E-state index contributed by atoms with van der Waals surface area (Å²) in [6, 6.07) is 12.7. The van der Waals surface area contributed by atoms with Gasteiger partial charge in [0, 0.05) is 16.6 Å². The zero-order valence-corrected chi connectivity index (χ0v) is 15.1. The Balaban J connectivity index is 2.30. The molecule has 0 aliphatic rings. The summed E-state index contributed by atoms with van der Waals surface area (Å²) in [5, 5.41) is 11.4. The van der Waals surface area contributed by atoms with E-state index in [1.807, 2.05) is 24.3 Å². The second-order valence-corrected chi connectivity index (χ2v) is 5.98. The Morgan fingerprint density at radius 3 is 2.42 bits per heavy atom. The predicted molar refractivity (Wildman–Crippen MR) is 101 cm³/mol. The molecule has 0 fully saturated rings. The van der Waals surface area contributed by atoms with E-state index in [1.165, 1.54) is 0 Å². The van der Waals surface area contributed by atoms with E-state index in [0.29, 0.717) is 22.8 Å². The average Bonchev–Trinajstić information content (AvgIpc) is 2.66. The number of benzene rings is 2. The molecule has 26 heavy (non-hydrogen) atoms. The number of hydrogen-bond donors (Lipinski definition) is 1. The highest BCUT2D eigenvalue weighted by Gasteiger charge is 2.16. The third-order valence-corrected chi connectivity index (χ3v) is 4.33. The van der Waals surface area contributed by atoms with Gasteiger partial charge in [0.2, 0.25) is 0 Å². The Morgan fingerprint density at radius 2 is 1.77 bits per heavy atom. The van der Waals surface area contributed by atoms with Crippen LogP contribution < -0.4 is 9.47 Å². The SMILES string of the molecule is CCCc1nc(-c2ccccc2C(=O)O)cc2cc(OC)c(OC)cc12. The highest BCUT2D eigenvalue weighted by Crippen LogP contribution is 2.36. The van der Waals surface area contributed by atoms with Gasteiger partial charge >= 0.3 is 5.97 Å². The molecule has 5 heteroatoms. The smallest absolute Gasteiger partial charge is 0.336 e. The van der Waals surface area contributed by atoms with Crippen LogP contribution in [-0.4, -0.2) is 30.3 Å². The Morgan fingerprint density at radius 1 is 1.08 bits per heavy atom. The number of aromatic carboxylic acids is 1. The summed E-state index contributed by atoms with van der Waals surface area (Å²) in [5.41, 5.74) is 2.41. The molecule has 0 aliphatic heterocycles. The monoisotopic (exact) mass is 351 g/mol. The van der Waals surface area contributed by atoms with Gasteiger partial charge in [-0.2, -0.15) is 0 Å². The lowest BCUT2D eigenvalue weighted by atomic mass is 9.99. The fourth-order valence-corrected chi connectivity index (χ4v) is 3.11. The van der Waals surface area contributed by atoms with Crippen LogP contribution in [0.3, 0.4) is 0 Å². The summed E-state index contributed by atoms with van der Waals surface area (Å²) >= 11 is 0. The Hall–Kier alpha value is -3.08. The topological polar surface area (TPSA) is 68.7 Å². The van der Waals surface area contributed by atoms with Crippen molar-refractivity contribution in [3.63, 3.8) is 0 Å². The van der Waals surface area contributed by atoms with Gasteiger partial charge in [0.15, 0.2) is 11.5 Å². The first kappa shape index (κ1) is 17.7. The molecule has 0 spiro atoms. The molecular formula is C21H21NO4. The highest BCUT2D eigenvalue weighted by atomic mass is 16.5. The molecule has 0 saturated heterocycles. The lowest BCUT2D eigenvalue weighted by Gasteiger charge is -2.14. The molecule has 0 aliphatic carbocycles. The van der Waals surface area contributed by atoms with Crippen LogP contribution in [0.2, 0.25) is 0 Å². The number of nitrogens with zero attached hydrogens (tertiary/aromatic N) is 1. The van der Waals surface area contributed by atoms with Crippen LogP contribution in [0.5, 0.6) is 11.5 Å². The fourth-order valence-electron chi connectivity index (χ4n) is 3.11. The van der Waals surface area contributed by atoms with Gasteiger partial charge in [0.25, 0.3) is 0 Å². The molecule has 2 aromatic carbocycles. The van der Waals surface area contributed by atoms with Crippen LogP contribution in [0.4, 0.5) is 0 Å². The summed E-state index contributed by atoms with van der Waals surface area (Å²) in [6.07, 6.45) is 1.72. The number of fused-ring (bicyclic) bond motifs is 1. The van der Waals surface area contributed by atoms with Gasteiger partial charge in [0.05, 0.1) is 25.5 Å². The molecule has 1 aromatic heterocycles. The number of hydrogen-bond acceptors (Lipinski definition) is 4. The first-order valence-electron chi connectivity index (χ1n) is 8.47. The van der Waals surface area contributed by atoms with Crippen molar-refractivity contribution in [2.24, 2.45) is 0 Å². The first-order chi connectivity index (χ1) is 12.6. The van der Waals surface area contributed by atoms with Crippen molar-refractivity contribution >= 4 is 16.7 Å². The van der Waals surface area contributed by atoms with Gasteiger partial charge in [-0.25, -0.2) is 4.79 Å². The van der Waals surface area contributed by atoms with E-state index in [1.54, 1.807) is 32.4 Å². The molecule has 3 rings (SSSR count). The summed E-state index contributed by atoms with van der Waals surface area (Å²) in [6.45, 7) is 2.09. The lowest BCUT2D eigenvalue weighted by molar-refractivity contribution is 0.0697. The van der Waals surface area contributed by atoms with Crippen molar-refractivity contribution in [1.82, 2.24) is 4.98 Å². The maximum absolute atomic E-state index is 11.6. The number of methoxy groups -OCH3 is 2. The van der Waals surface area contributed by atoms with Crippen LogP contribution in [0, 0.1) is 0 Å². The molecule has 5 nitrogen and oxygen atoms in total. The summed E-state index contributed by atoms with van der Waals surface area (Å²) in [5.74, 6) is 0.316. The van der Waals surface area contributed by atoms with Gasteiger partial charge in [-0.1, -0.05) is 31.5 Å². The molecule has 1 N–H and O–H groups in total. The lowest BCUT2D eigenvalue weighted by Crippen LogP contribution is -2.02. The highest BCUT2D eigenvalue weighted by molar-refractivity contribution is 5.97. The average molecular weight is 351 g/mol. The third kappa shape index (κ3) is 3.20. The van der Waals surface area contributed by atoms with Crippen molar-refractivity contribution in [3.8, 4) is 22.8 Å². The van der Waals surface area contributed by atoms with Crippen LogP contribution >= 0.6 is 0 Å². The number of carbonyl (C=O) groups is 1. The van der Waals surface area contributed by atoms with Crippen LogP contribution in [-0.2, 0) is 6.42 Å². The molecular weight excluding hydrogens is 330 g/mol. The summed E-state index contributed by atoms with van der Waals surface area (Å²) in [4.78, 5) is 16.4.